The second-order valence-electron chi connectivity index (χ2n) is 4.32. The van der Waals surface area contributed by atoms with Crippen molar-refractivity contribution in [3.05, 3.63) is 52.6 Å². The maximum absolute atomic E-state index is 11.3. The van der Waals surface area contributed by atoms with Crippen molar-refractivity contribution in [1.29, 1.82) is 5.26 Å². The molecule has 3 aromatic rings. The van der Waals surface area contributed by atoms with E-state index in [-0.39, 0.29) is 0 Å². The number of rotatable bonds is 2. The van der Waals surface area contributed by atoms with Crippen molar-refractivity contribution in [2.75, 3.05) is 7.11 Å². The van der Waals surface area contributed by atoms with Gasteiger partial charge in [0.05, 0.1) is 18.4 Å². The van der Waals surface area contributed by atoms with Crippen LogP contribution in [0, 0.1) is 11.3 Å². The predicted octanol–water partition coefficient (Wildman–Crippen LogP) is 1.87. The molecule has 0 saturated carbocycles. The smallest absolute Gasteiger partial charge is 0.346 e. The van der Waals surface area contributed by atoms with Gasteiger partial charge < -0.3 is 4.74 Å². The van der Waals surface area contributed by atoms with E-state index in [0.717, 1.165) is 0 Å². The van der Waals surface area contributed by atoms with Crippen LogP contribution < -0.4 is 10.4 Å². The van der Waals surface area contributed by atoms with E-state index in [4.69, 9.17) is 4.74 Å². The largest absolute Gasteiger partial charge is 0.496 e. The van der Waals surface area contributed by atoms with Gasteiger partial charge in [-0.3, -0.25) is 4.98 Å². The third kappa shape index (κ3) is 2.21. The molecule has 1 aromatic carbocycles. The van der Waals surface area contributed by atoms with E-state index in [1.54, 1.807) is 19.2 Å². The van der Waals surface area contributed by atoms with Crippen LogP contribution in [-0.2, 0) is 0 Å². The summed E-state index contributed by atoms with van der Waals surface area (Å²) in [6.45, 7) is 0. The Morgan fingerprint density at radius 3 is 2.90 bits per heavy atom. The van der Waals surface area contributed by atoms with Crippen LogP contribution in [0.1, 0.15) is 5.56 Å². The van der Waals surface area contributed by atoms with Gasteiger partial charge in [-0.05, 0) is 18.2 Å². The summed E-state index contributed by atoms with van der Waals surface area (Å²) in [4.78, 5) is 21.9. The van der Waals surface area contributed by atoms with Gasteiger partial charge in [-0.1, -0.05) is 12.1 Å². The number of aromatic nitrogens is 3. The van der Waals surface area contributed by atoms with Crippen LogP contribution in [0.15, 0.2) is 41.3 Å². The Bertz CT molecular complexity index is 925. The van der Waals surface area contributed by atoms with Crippen LogP contribution in [-0.4, -0.2) is 22.1 Å². The van der Waals surface area contributed by atoms with Gasteiger partial charge in [0, 0.05) is 17.1 Å². The fourth-order valence-electron chi connectivity index (χ4n) is 2.12. The summed E-state index contributed by atoms with van der Waals surface area (Å²) in [5.41, 5.74) is 1.45. The third-order valence-corrected chi connectivity index (χ3v) is 3.08. The van der Waals surface area contributed by atoms with Crippen LogP contribution in [0.2, 0.25) is 0 Å². The van der Waals surface area contributed by atoms with Crippen LogP contribution >= 0.6 is 0 Å². The highest BCUT2D eigenvalue weighted by Crippen LogP contribution is 2.31. The zero-order valence-electron chi connectivity index (χ0n) is 11.1. The van der Waals surface area contributed by atoms with Crippen molar-refractivity contribution >= 4 is 11.0 Å². The minimum absolute atomic E-state index is 0.384. The molecule has 0 spiro atoms. The Kier molecular flexibility index (Phi) is 3.09. The molecule has 0 aliphatic rings. The monoisotopic (exact) mass is 278 g/mol. The fourth-order valence-corrected chi connectivity index (χ4v) is 2.12. The number of methoxy groups -OCH3 is 1. The molecule has 0 aliphatic carbocycles. The molecule has 0 amide bonds. The molecule has 0 unspecified atom stereocenters. The number of fused-ring (bicyclic) bond motifs is 1. The second kappa shape index (κ2) is 5.06. The van der Waals surface area contributed by atoms with E-state index in [1.165, 1.54) is 6.20 Å². The number of nitrogens with zero attached hydrogens (tertiary/aromatic N) is 3. The highest BCUT2D eigenvalue weighted by molar-refractivity contribution is 5.82. The van der Waals surface area contributed by atoms with Crippen LogP contribution in [0.5, 0.6) is 5.75 Å². The molecule has 2 heterocycles. The van der Waals surface area contributed by atoms with Gasteiger partial charge in [-0.15, -0.1) is 0 Å². The molecule has 2 aromatic heterocycles. The molecule has 21 heavy (non-hydrogen) atoms. The first-order valence-corrected chi connectivity index (χ1v) is 6.16. The molecule has 6 heteroatoms. The first-order chi connectivity index (χ1) is 10.2. The molecule has 3 rings (SSSR count). The van der Waals surface area contributed by atoms with Crippen LogP contribution in [0.3, 0.4) is 0 Å². The molecule has 0 fully saturated rings. The standard InChI is InChI=1S/C15H10N4O2/c1-21-12-5-3-2-4-11(12)13-9(7-16)6-10-8-17-15(20)19-14(10)18-13/h2-6,8H,1H3,(H,17,18,19,20). The molecule has 0 atom stereocenters. The number of hydrogen-bond acceptors (Lipinski definition) is 5. The van der Waals surface area contributed by atoms with Crippen molar-refractivity contribution in [1.82, 2.24) is 15.0 Å². The SMILES string of the molecule is COc1ccccc1-c1nc2[nH]c(=O)ncc2cc1C#N. The molecule has 6 nitrogen and oxygen atoms in total. The van der Waals surface area contributed by atoms with Gasteiger partial charge >= 0.3 is 5.69 Å². The van der Waals surface area contributed by atoms with Crippen molar-refractivity contribution in [2.45, 2.75) is 0 Å². The van der Waals surface area contributed by atoms with Gasteiger partial charge in [0.15, 0.2) is 0 Å². The molecular formula is C15H10N4O2. The van der Waals surface area contributed by atoms with Gasteiger partial charge in [-0.2, -0.15) is 5.26 Å². The first kappa shape index (κ1) is 12.8. The van der Waals surface area contributed by atoms with E-state index in [0.29, 0.717) is 33.6 Å². The fraction of sp³-hybridized carbons (Fsp3) is 0.0667. The highest BCUT2D eigenvalue weighted by atomic mass is 16.5. The minimum Gasteiger partial charge on any atom is -0.496 e. The Labute approximate surface area is 119 Å². The number of nitrogens with one attached hydrogen (secondary N) is 1. The first-order valence-electron chi connectivity index (χ1n) is 6.16. The topological polar surface area (TPSA) is 91.7 Å². The zero-order valence-corrected chi connectivity index (χ0v) is 11.1. The normalized spacial score (nSPS) is 10.3. The van der Waals surface area contributed by atoms with Crippen molar-refractivity contribution < 1.29 is 4.74 Å². The molecule has 102 valence electrons. The highest BCUT2D eigenvalue weighted by Gasteiger charge is 2.13. The number of ether oxygens (including phenoxy) is 1. The zero-order chi connectivity index (χ0) is 14.8. The van der Waals surface area contributed by atoms with Crippen LogP contribution in [0.4, 0.5) is 0 Å². The Morgan fingerprint density at radius 1 is 1.33 bits per heavy atom. The average Bonchev–Trinajstić information content (AvgIpc) is 2.53. The Balaban J connectivity index is 2.35. The summed E-state index contributed by atoms with van der Waals surface area (Å²) in [6.07, 6.45) is 1.40. The number of benzene rings is 1. The average molecular weight is 278 g/mol. The number of para-hydroxylation sites is 1. The number of H-pyrrole nitrogens is 1. The lowest BCUT2D eigenvalue weighted by Gasteiger charge is -2.09. The lowest BCUT2D eigenvalue weighted by Crippen LogP contribution is -2.10. The van der Waals surface area contributed by atoms with Crippen LogP contribution in [0.25, 0.3) is 22.3 Å². The van der Waals surface area contributed by atoms with E-state index in [9.17, 15) is 10.1 Å². The van der Waals surface area contributed by atoms with Gasteiger partial charge in [0.1, 0.15) is 17.5 Å². The molecular weight excluding hydrogens is 268 g/mol. The van der Waals surface area contributed by atoms with E-state index in [1.807, 2.05) is 18.2 Å². The molecule has 0 bridgehead atoms. The number of aromatic amines is 1. The van der Waals surface area contributed by atoms with E-state index >= 15 is 0 Å². The van der Waals surface area contributed by atoms with Gasteiger partial charge in [0.25, 0.3) is 0 Å². The predicted molar refractivity (Wildman–Crippen MR) is 76.9 cm³/mol. The summed E-state index contributed by atoms with van der Waals surface area (Å²) in [6, 6.07) is 11.0. The lowest BCUT2D eigenvalue weighted by molar-refractivity contribution is 0.416. The summed E-state index contributed by atoms with van der Waals surface area (Å²) >= 11 is 0. The second-order valence-corrected chi connectivity index (χ2v) is 4.32. The molecule has 0 aliphatic heterocycles. The number of pyridine rings is 1. The number of hydrogen-bond donors (Lipinski definition) is 1. The summed E-state index contributed by atoms with van der Waals surface area (Å²) in [7, 11) is 1.55. The van der Waals surface area contributed by atoms with Gasteiger partial charge in [-0.25, -0.2) is 14.8 Å². The van der Waals surface area contributed by atoms with E-state index < -0.39 is 5.69 Å². The third-order valence-electron chi connectivity index (χ3n) is 3.08. The minimum atomic E-state index is -0.481. The quantitative estimate of drug-likeness (QED) is 0.772. The van der Waals surface area contributed by atoms with Crippen molar-refractivity contribution in [2.24, 2.45) is 0 Å². The summed E-state index contributed by atoms with van der Waals surface area (Å²) in [5.74, 6) is 0.609. The Hall–Kier alpha value is -3.20. The number of nitriles is 1. The maximum Gasteiger partial charge on any atom is 0.346 e. The lowest BCUT2D eigenvalue weighted by atomic mass is 10.0. The molecule has 0 saturated heterocycles. The maximum atomic E-state index is 11.3. The van der Waals surface area contributed by atoms with Gasteiger partial charge in [0.2, 0.25) is 0 Å². The summed E-state index contributed by atoms with van der Waals surface area (Å²) < 4.78 is 5.30. The van der Waals surface area contributed by atoms with E-state index in [2.05, 4.69) is 21.0 Å². The van der Waals surface area contributed by atoms with Crippen molar-refractivity contribution in [3.8, 4) is 23.1 Å². The molecule has 0 radical (unpaired) electrons. The Morgan fingerprint density at radius 2 is 2.14 bits per heavy atom. The molecule has 1 N–H and O–H groups in total. The van der Waals surface area contributed by atoms with Crippen molar-refractivity contribution in [3.63, 3.8) is 0 Å². The summed E-state index contributed by atoms with van der Waals surface area (Å²) in [5, 5.41) is 9.94.